The Balaban J connectivity index is 2.51. The predicted molar refractivity (Wildman–Crippen MR) is 65.5 cm³/mol. The van der Waals surface area contributed by atoms with Crippen LogP contribution >= 0.6 is 0 Å². The van der Waals surface area contributed by atoms with Gasteiger partial charge in [-0.05, 0) is 19.9 Å². The Morgan fingerprint density at radius 2 is 1.94 bits per heavy atom. The van der Waals surface area contributed by atoms with Gasteiger partial charge in [0.1, 0.15) is 0 Å². The Bertz CT molecular complexity index is 334. The number of aryl methyl sites for hydroxylation is 1. The molecule has 5 heteroatoms. The van der Waals surface area contributed by atoms with E-state index in [2.05, 4.69) is 10.1 Å². The van der Waals surface area contributed by atoms with E-state index in [1.165, 1.54) is 0 Å². The first-order valence-electron chi connectivity index (χ1n) is 6.25. The van der Waals surface area contributed by atoms with Gasteiger partial charge in [0.05, 0.1) is 12.1 Å². The topological polar surface area (TPSA) is 62.4 Å². The molecule has 1 aromatic rings. The lowest BCUT2D eigenvalue weighted by Crippen LogP contribution is -2.40. The molecule has 0 aromatic carbocycles. The second-order valence-corrected chi connectivity index (χ2v) is 4.56. The van der Waals surface area contributed by atoms with E-state index in [0.717, 1.165) is 25.1 Å². The van der Waals surface area contributed by atoms with Gasteiger partial charge in [-0.15, -0.1) is 0 Å². The zero-order chi connectivity index (χ0) is 12.9. The standard InChI is InChI=1S/C12H23N3O2/c1-5-10-13-11(17-14-10)8-15(4)9-12(16,6-2)7-3/h16H,5-9H2,1-4H3. The first-order valence-corrected chi connectivity index (χ1v) is 6.25. The maximum Gasteiger partial charge on any atom is 0.240 e. The van der Waals surface area contributed by atoms with Crippen molar-refractivity contribution in [1.82, 2.24) is 15.0 Å². The van der Waals surface area contributed by atoms with Crippen LogP contribution in [0.2, 0.25) is 0 Å². The molecule has 0 spiro atoms. The summed E-state index contributed by atoms with van der Waals surface area (Å²) in [5.74, 6) is 1.34. The summed E-state index contributed by atoms with van der Waals surface area (Å²) in [4.78, 5) is 6.26. The predicted octanol–water partition coefficient (Wildman–Crippen LogP) is 1.61. The van der Waals surface area contributed by atoms with E-state index in [-0.39, 0.29) is 0 Å². The van der Waals surface area contributed by atoms with Crippen molar-refractivity contribution in [2.24, 2.45) is 0 Å². The molecular weight excluding hydrogens is 218 g/mol. The molecule has 1 aromatic heterocycles. The van der Waals surface area contributed by atoms with Crippen LogP contribution < -0.4 is 0 Å². The largest absolute Gasteiger partial charge is 0.389 e. The molecule has 0 aliphatic carbocycles. The van der Waals surface area contributed by atoms with Crippen LogP contribution in [0.5, 0.6) is 0 Å². The van der Waals surface area contributed by atoms with Crippen molar-refractivity contribution in [3.05, 3.63) is 11.7 Å². The minimum atomic E-state index is -0.623. The van der Waals surface area contributed by atoms with Crippen LogP contribution in [0.3, 0.4) is 0 Å². The van der Waals surface area contributed by atoms with Crippen LogP contribution in [-0.2, 0) is 13.0 Å². The van der Waals surface area contributed by atoms with Gasteiger partial charge in [0, 0.05) is 13.0 Å². The van der Waals surface area contributed by atoms with Gasteiger partial charge in [-0.25, -0.2) is 0 Å². The highest BCUT2D eigenvalue weighted by Crippen LogP contribution is 2.16. The molecule has 0 bridgehead atoms. The smallest absolute Gasteiger partial charge is 0.240 e. The molecule has 0 fully saturated rings. The summed E-state index contributed by atoms with van der Waals surface area (Å²) >= 11 is 0. The summed E-state index contributed by atoms with van der Waals surface area (Å²) < 4.78 is 5.12. The number of hydrogen-bond acceptors (Lipinski definition) is 5. The molecule has 98 valence electrons. The SMILES string of the molecule is CCc1noc(CN(C)CC(O)(CC)CC)n1. The van der Waals surface area contributed by atoms with Crippen LogP contribution in [0.1, 0.15) is 45.3 Å². The minimum Gasteiger partial charge on any atom is -0.389 e. The van der Waals surface area contributed by atoms with Gasteiger partial charge < -0.3 is 9.63 Å². The maximum atomic E-state index is 10.2. The van der Waals surface area contributed by atoms with Gasteiger partial charge in [0.25, 0.3) is 0 Å². The molecule has 0 radical (unpaired) electrons. The quantitative estimate of drug-likeness (QED) is 0.786. The fourth-order valence-electron chi connectivity index (χ4n) is 1.76. The lowest BCUT2D eigenvalue weighted by atomic mass is 9.97. The van der Waals surface area contributed by atoms with E-state index in [0.29, 0.717) is 19.0 Å². The average Bonchev–Trinajstić information content (AvgIpc) is 2.76. The highest BCUT2D eigenvalue weighted by atomic mass is 16.5. The molecule has 5 nitrogen and oxygen atoms in total. The Morgan fingerprint density at radius 3 is 2.41 bits per heavy atom. The molecule has 0 unspecified atom stereocenters. The third kappa shape index (κ3) is 4.09. The number of likely N-dealkylation sites (N-methyl/N-ethyl adjacent to an activating group) is 1. The van der Waals surface area contributed by atoms with E-state index >= 15 is 0 Å². The maximum absolute atomic E-state index is 10.2. The average molecular weight is 241 g/mol. The van der Waals surface area contributed by atoms with Crippen molar-refractivity contribution in [3.8, 4) is 0 Å². The molecule has 0 amide bonds. The third-order valence-electron chi connectivity index (χ3n) is 3.11. The van der Waals surface area contributed by atoms with Crippen molar-refractivity contribution in [1.29, 1.82) is 0 Å². The summed E-state index contributed by atoms with van der Waals surface area (Å²) in [6.07, 6.45) is 2.27. The Morgan fingerprint density at radius 1 is 1.29 bits per heavy atom. The Labute approximate surface area is 103 Å². The Hall–Kier alpha value is -0.940. The normalized spacial score (nSPS) is 12.4. The molecule has 1 rings (SSSR count). The minimum absolute atomic E-state index is 0.579. The molecular formula is C12H23N3O2. The summed E-state index contributed by atoms with van der Waals surface area (Å²) in [6, 6.07) is 0. The molecule has 0 saturated heterocycles. The van der Waals surface area contributed by atoms with Crippen LogP contribution in [0, 0.1) is 0 Å². The van der Waals surface area contributed by atoms with Gasteiger partial charge in [0.15, 0.2) is 5.82 Å². The first-order chi connectivity index (χ1) is 8.03. The van der Waals surface area contributed by atoms with E-state index in [9.17, 15) is 5.11 Å². The summed E-state index contributed by atoms with van der Waals surface area (Å²) in [7, 11) is 1.95. The second-order valence-electron chi connectivity index (χ2n) is 4.56. The van der Waals surface area contributed by atoms with E-state index in [4.69, 9.17) is 4.52 Å². The lowest BCUT2D eigenvalue weighted by molar-refractivity contribution is -0.000576. The monoisotopic (exact) mass is 241 g/mol. The zero-order valence-electron chi connectivity index (χ0n) is 11.2. The van der Waals surface area contributed by atoms with E-state index in [1.54, 1.807) is 0 Å². The van der Waals surface area contributed by atoms with Crippen molar-refractivity contribution in [2.45, 2.75) is 52.2 Å². The summed E-state index contributed by atoms with van der Waals surface area (Å²) in [5, 5.41) is 14.1. The van der Waals surface area contributed by atoms with Gasteiger partial charge in [0.2, 0.25) is 5.89 Å². The Kier molecular flexibility index (Phi) is 5.08. The third-order valence-corrected chi connectivity index (χ3v) is 3.11. The van der Waals surface area contributed by atoms with Crippen LogP contribution in [0.25, 0.3) is 0 Å². The van der Waals surface area contributed by atoms with Crippen LogP contribution in [0.4, 0.5) is 0 Å². The molecule has 0 aliphatic heterocycles. The molecule has 1 heterocycles. The van der Waals surface area contributed by atoms with Gasteiger partial charge >= 0.3 is 0 Å². The molecule has 1 N–H and O–H groups in total. The first kappa shape index (κ1) is 14.1. The number of nitrogens with zero attached hydrogens (tertiary/aromatic N) is 3. The molecule has 0 aliphatic rings. The molecule has 17 heavy (non-hydrogen) atoms. The van der Waals surface area contributed by atoms with Crippen molar-refractivity contribution >= 4 is 0 Å². The molecule has 0 atom stereocenters. The zero-order valence-corrected chi connectivity index (χ0v) is 11.2. The second kappa shape index (κ2) is 6.12. The fraction of sp³-hybridized carbons (Fsp3) is 0.833. The molecule has 0 saturated carbocycles. The van der Waals surface area contributed by atoms with E-state index < -0.39 is 5.60 Å². The van der Waals surface area contributed by atoms with Crippen molar-refractivity contribution in [2.75, 3.05) is 13.6 Å². The van der Waals surface area contributed by atoms with Gasteiger partial charge in [-0.2, -0.15) is 4.98 Å². The summed E-state index contributed by atoms with van der Waals surface area (Å²) in [6.45, 7) is 7.18. The number of hydrogen-bond donors (Lipinski definition) is 1. The number of rotatable bonds is 7. The van der Waals surface area contributed by atoms with Crippen LogP contribution in [-0.4, -0.2) is 39.3 Å². The lowest BCUT2D eigenvalue weighted by Gasteiger charge is -2.29. The highest BCUT2D eigenvalue weighted by molar-refractivity contribution is 4.86. The summed E-state index contributed by atoms with van der Waals surface area (Å²) in [5.41, 5.74) is -0.623. The van der Waals surface area contributed by atoms with Gasteiger partial charge in [-0.3, -0.25) is 4.90 Å². The number of aromatic nitrogens is 2. The van der Waals surface area contributed by atoms with Crippen molar-refractivity contribution < 1.29 is 9.63 Å². The fourth-order valence-corrected chi connectivity index (χ4v) is 1.76. The highest BCUT2D eigenvalue weighted by Gasteiger charge is 2.24. The van der Waals surface area contributed by atoms with Crippen LogP contribution in [0.15, 0.2) is 4.52 Å². The number of aliphatic hydroxyl groups is 1. The van der Waals surface area contributed by atoms with Crippen molar-refractivity contribution in [3.63, 3.8) is 0 Å². The van der Waals surface area contributed by atoms with E-state index in [1.807, 2.05) is 32.7 Å². The van der Waals surface area contributed by atoms with Gasteiger partial charge in [-0.1, -0.05) is 25.9 Å².